The van der Waals surface area contributed by atoms with Gasteiger partial charge in [0.05, 0.1) is 12.1 Å². The Morgan fingerprint density at radius 2 is 1.78 bits per heavy atom. The number of benzene rings is 2. The molecule has 0 unspecified atom stereocenters. The molecule has 5 nitrogen and oxygen atoms in total. The molecule has 0 radical (unpaired) electrons. The SMILES string of the molecule is CN1C(=O)[C@H]2CCC[C@H]2N(C2CCCC2)c2nc(Cc3ccc4ccccc4c3)ncc21. The number of aromatic nitrogens is 2. The largest absolute Gasteiger partial charge is 0.348 e. The highest BCUT2D eigenvalue weighted by Gasteiger charge is 2.45. The van der Waals surface area contributed by atoms with Gasteiger partial charge in [-0.2, -0.15) is 0 Å². The van der Waals surface area contributed by atoms with Crippen molar-refractivity contribution in [1.82, 2.24) is 9.97 Å². The van der Waals surface area contributed by atoms with Gasteiger partial charge in [-0.15, -0.1) is 0 Å². The zero-order valence-electron chi connectivity index (χ0n) is 18.7. The maximum Gasteiger partial charge on any atom is 0.232 e. The van der Waals surface area contributed by atoms with Crippen LogP contribution < -0.4 is 9.80 Å². The molecule has 2 heterocycles. The number of nitrogens with zero attached hydrogens (tertiary/aromatic N) is 4. The van der Waals surface area contributed by atoms with E-state index in [1.165, 1.54) is 42.0 Å². The highest BCUT2D eigenvalue weighted by molar-refractivity contribution is 5.99. The van der Waals surface area contributed by atoms with Gasteiger partial charge >= 0.3 is 0 Å². The van der Waals surface area contributed by atoms with Crippen molar-refractivity contribution >= 4 is 28.2 Å². The molecular weight excluding hydrogens is 396 g/mol. The van der Waals surface area contributed by atoms with Crippen molar-refractivity contribution in [3.63, 3.8) is 0 Å². The molecule has 164 valence electrons. The van der Waals surface area contributed by atoms with E-state index in [1.807, 2.05) is 18.1 Å². The summed E-state index contributed by atoms with van der Waals surface area (Å²) in [6.07, 6.45) is 10.7. The van der Waals surface area contributed by atoms with Crippen LogP contribution in [0.3, 0.4) is 0 Å². The Hall–Kier alpha value is -2.95. The van der Waals surface area contributed by atoms with E-state index < -0.39 is 0 Å². The first-order valence-electron chi connectivity index (χ1n) is 12.1. The quantitative estimate of drug-likeness (QED) is 0.584. The number of carbonyl (C=O) groups is 1. The first-order chi connectivity index (χ1) is 15.7. The standard InChI is InChI=1S/C27H30N4O/c1-30-24-17-28-25(16-18-13-14-19-7-2-3-8-20(19)15-18)29-26(24)31(21-9-4-5-10-21)23-12-6-11-22(23)27(30)32/h2-3,7-8,13-15,17,21-23H,4-6,9-12,16H2,1H3/t22-,23+/m0/s1. The number of hydrogen-bond acceptors (Lipinski definition) is 4. The number of anilines is 2. The van der Waals surface area contributed by atoms with Crippen molar-refractivity contribution < 1.29 is 4.79 Å². The smallest absolute Gasteiger partial charge is 0.232 e. The lowest BCUT2D eigenvalue weighted by molar-refractivity contribution is -0.122. The topological polar surface area (TPSA) is 49.3 Å². The van der Waals surface area contributed by atoms with E-state index in [1.54, 1.807) is 0 Å². The molecule has 0 N–H and O–H groups in total. The third kappa shape index (κ3) is 3.26. The maximum absolute atomic E-state index is 13.3. The maximum atomic E-state index is 13.3. The fourth-order valence-corrected chi connectivity index (χ4v) is 6.16. The van der Waals surface area contributed by atoms with Crippen molar-refractivity contribution in [3.8, 4) is 0 Å². The molecule has 0 bridgehead atoms. The average molecular weight is 427 g/mol. The summed E-state index contributed by atoms with van der Waals surface area (Å²) in [4.78, 5) is 27.5. The van der Waals surface area contributed by atoms with Crippen LogP contribution in [0.4, 0.5) is 11.5 Å². The summed E-state index contributed by atoms with van der Waals surface area (Å²) >= 11 is 0. The zero-order valence-corrected chi connectivity index (χ0v) is 18.7. The molecule has 2 aliphatic carbocycles. The molecule has 2 aromatic carbocycles. The van der Waals surface area contributed by atoms with Crippen LogP contribution in [0, 0.1) is 5.92 Å². The zero-order chi connectivity index (χ0) is 21.7. The van der Waals surface area contributed by atoms with Gasteiger partial charge in [-0.1, -0.05) is 61.7 Å². The molecule has 3 aliphatic rings. The summed E-state index contributed by atoms with van der Waals surface area (Å²) < 4.78 is 0. The second-order valence-corrected chi connectivity index (χ2v) is 9.70. The third-order valence-corrected chi connectivity index (χ3v) is 7.78. The first-order valence-corrected chi connectivity index (χ1v) is 12.1. The molecule has 1 aliphatic heterocycles. The van der Waals surface area contributed by atoms with Crippen LogP contribution in [0.2, 0.25) is 0 Å². The lowest BCUT2D eigenvalue weighted by Gasteiger charge is -2.36. The highest BCUT2D eigenvalue weighted by atomic mass is 16.2. The predicted molar refractivity (Wildman–Crippen MR) is 128 cm³/mol. The summed E-state index contributed by atoms with van der Waals surface area (Å²) in [6.45, 7) is 0. The van der Waals surface area contributed by atoms with Gasteiger partial charge in [0.2, 0.25) is 5.91 Å². The van der Waals surface area contributed by atoms with E-state index in [-0.39, 0.29) is 17.9 Å². The Labute approximate surface area is 189 Å². The van der Waals surface area contributed by atoms with Crippen molar-refractivity contribution in [1.29, 1.82) is 0 Å². The van der Waals surface area contributed by atoms with Crippen LogP contribution in [-0.4, -0.2) is 35.0 Å². The minimum atomic E-state index is 0.0822. The van der Waals surface area contributed by atoms with E-state index in [4.69, 9.17) is 9.97 Å². The summed E-state index contributed by atoms with van der Waals surface area (Å²) in [5.41, 5.74) is 2.09. The second-order valence-electron chi connectivity index (χ2n) is 9.70. The molecule has 2 saturated carbocycles. The highest BCUT2D eigenvalue weighted by Crippen LogP contribution is 2.44. The van der Waals surface area contributed by atoms with Crippen molar-refractivity contribution in [2.45, 2.75) is 63.5 Å². The molecule has 6 rings (SSSR count). The Bertz CT molecular complexity index is 1170. The van der Waals surface area contributed by atoms with Crippen LogP contribution in [0.5, 0.6) is 0 Å². The van der Waals surface area contributed by atoms with Crippen LogP contribution in [0.25, 0.3) is 10.8 Å². The average Bonchev–Trinajstić information content (AvgIpc) is 3.50. The van der Waals surface area contributed by atoms with Crippen LogP contribution >= 0.6 is 0 Å². The van der Waals surface area contributed by atoms with Gasteiger partial charge in [-0.3, -0.25) is 4.79 Å². The molecule has 2 fully saturated rings. The molecule has 3 aromatic rings. The Kier molecular flexibility index (Phi) is 4.85. The van der Waals surface area contributed by atoms with Gasteiger partial charge in [-0.25, -0.2) is 9.97 Å². The third-order valence-electron chi connectivity index (χ3n) is 7.78. The van der Waals surface area contributed by atoms with Crippen LogP contribution in [0.15, 0.2) is 48.7 Å². The van der Waals surface area contributed by atoms with Crippen molar-refractivity contribution in [2.24, 2.45) is 5.92 Å². The van der Waals surface area contributed by atoms with Gasteiger partial charge in [0.1, 0.15) is 11.5 Å². The number of fused-ring (bicyclic) bond motifs is 3. The predicted octanol–water partition coefficient (Wildman–Crippen LogP) is 5.11. The summed E-state index contributed by atoms with van der Waals surface area (Å²) in [5.74, 6) is 2.13. The summed E-state index contributed by atoms with van der Waals surface area (Å²) in [6, 6.07) is 15.8. The minimum Gasteiger partial charge on any atom is -0.348 e. The lowest BCUT2D eigenvalue weighted by atomic mass is 9.99. The monoisotopic (exact) mass is 426 g/mol. The Morgan fingerprint density at radius 1 is 0.969 bits per heavy atom. The number of carbonyl (C=O) groups excluding carboxylic acids is 1. The molecule has 0 saturated heterocycles. The molecule has 32 heavy (non-hydrogen) atoms. The molecule has 5 heteroatoms. The van der Waals surface area contributed by atoms with Crippen molar-refractivity contribution in [3.05, 3.63) is 60.0 Å². The first kappa shape index (κ1) is 19.7. The summed E-state index contributed by atoms with van der Waals surface area (Å²) in [5, 5.41) is 2.49. The lowest BCUT2D eigenvalue weighted by Crippen LogP contribution is -2.46. The number of amides is 1. The summed E-state index contributed by atoms with van der Waals surface area (Å²) in [7, 11) is 1.90. The number of hydrogen-bond donors (Lipinski definition) is 0. The molecule has 0 spiro atoms. The Morgan fingerprint density at radius 3 is 2.62 bits per heavy atom. The second kappa shape index (κ2) is 7.88. The van der Waals surface area contributed by atoms with Gasteiger partial charge in [0.15, 0.2) is 5.82 Å². The number of rotatable bonds is 3. The molecule has 1 aromatic heterocycles. The van der Waals surface area contributed by atoms with E-state index >= 15 is 0 Å². The van der Waals surface area contributed by atoms with E-state index in [9.17, 15) is 4.79 Å². The molecular formula is C27H30N4O. The molecule has 2 atom stereocenters. The minimum absolute atomic E-state index is 0.0822. The van der Waals surface area contributed by atoms with E-state index in [2.05, 4.69) is 47.4 Å². The van der Waals surface area contributed by atoms with Crippen molar-refractivity contribution in [2.75, 3.05) is 16.8 Å². The fourth-order valence-electron chi connectivity index (χ4n) is 6.16. The molecule has 1 amide bonds. The van der Waals surface area contributed by atoms with E-state index in [0.29, 0.717) is 12.5 Å². The Balaban J connectivity index is 1.41. The van der Waals surface area contributed by atoms with Gasteiger partial charge in [0.25, 0.3) is 0 Å². The van der Waals surface area contributed by atoms with Crippen LogP contribution in [0.1, 0.15) is 56.3 Å². The van der Waals surface area contributed by atoms with Gasteiger partial charge in [-0.05, 0) is 42.0 Å². The van der Waals surface area contributed by atoms with Crippen LogP contribution in [-0.2, 0) is 11.2 Å². The van der Waals surface area contributed by atoms with Gasteiger partial charge in [0, 0.05) is 25.6 Å². The fraction of sp³-hybridized carbons (Fsp3) is 0.444. The van der Waals surface area contributed by atoms with E-state index in [0.717, 1.165) is 36.6 Å². The normalized spacial score (nSPS) is 23.5. The van der Waals surface area contributed by atoms with Gasteiger partial charge < -0.3 is 9.80 Å².